The summed E-state index contributed by atoms with van der Waals surface area (Å²) in [6, 6.07) is 5.91. The summed E-state index contributed by atoms with van der Waals surface area (Å²) in [5.41, 5.74) is 0.835. The SMILES string of the molecule is O=c1c(OC2CCCC2)c(N2CC[NH2+]CC2)cnn1-c1cccc(F)c1. The maximum Gasteiger partial charge on any atom is 0.316 e. The van der Waals surface area contributed by atoms with E-state index in [2.05, 4.69) is 15.3 Å². The van der Waals surface area contributed by atoms with Gasteiger partial charge in [-0.1, -0.05) is 6.07 Å². The molecule has 2 aromatic rings. The van der Waals surface area contributed by atoms with Crippen LogP contribution in [0, 0.1) is 5.82 Å². The highest BCUT2D eigenvalue weighted by atomic mass is 19.1. The minimum Gasteiger partial charge on any atom is -0.483 e. The highest BCUT2D eigenvalue weighted by Crippen LogP contribution is 2.29. The lowest BCUT2D eigenvalue weighted by Gasteiger charge is -2.29. The van der Waals surface area contributed by atoms with Gasteiger partial charge < -0.3 is 15.0 Å². The second-order valence-corrected chi connectivity index (χ2v) is 6.93. The van der Waals surface area contributed by atoms with Crippen LogP contribution in [0.1, 0.15) is 25.7 Å². The third-order valence-corrected chi connectivity index (χ3v) is 5.10. The minimum atomic E-state index is -0.398. The van der Waals surface area contributed by atoms with Gasteiger partial charge in [-0.2, -0.15) is 9.78 Å². The fourth-order valence-corrected chi connectivity index (χ4v) is 3.72. The van der Waals surface area contributed by atoms with Gasteiger partial charge in [0.2, 0.25) is 5.75 Å². The number of ether oxygens (including phenoxy) is 1. The van der Waals surface area contributed by atoms with E-state index in [0.29, 0.717) is 11.4 Å². The van der Waals surface area contributed by atoms with Gasteiger partial charge in [0, 0.05) is 0 Å². The molecule has 0 amide bonds. The second-order valence-electron chi connectivity index (χ2n) is 6.93. The zero-order chi connectivity index (χ0) is 17.9. The zero-order valence-corrected chi connectivity index (χ0v) is 14.7. The lowest BCUT2D eigenvalue weighted by atomic mass is 10.2. The molecule has 1 saturated heterocycles. The average molecular weight is 359 g/mol. The summed E-state index contributed by atoms with van der Waals surface area (Å²) >= 11 is 0. The molecule has 0 atom stereocenters. The third-order valence-electron chi connectivity index (χ3n) is 5.10. The van der Waals surface area contributed by atoms with Gasteiger partial charge in [-0.15, -0.1) is 0 Å². The largest absolute Gasteiger partial charge is 0.483 e. The van der Waals surface area contributed by atoms with E-state index < -0.39 is 5.82 Å². The predicted molar refractivity (Wildman–Crippen MR) is 96.5 cm³/mol. The average Bonchev–Trinajstić information content (AvgIpc) is 3.17. The Labute approximate surface area is 151 Å². The Hall–Kier alpha value is -2.41. The first-order valence-electron chi connectivity index (χ1n) is 9.34. The molecule has 1 aromatic carbocycles. The maximum atomic E-state index is 13.6. The molecule has 1 aliphatic heterocycles. The summed E-state index contributed by atoms with van der Waals surface area (Å²) in [5, 5.41) is 6.56. The number of hydrogen-bond acceptors (Lipinski definition) is 4. The third kappa shape index (κ3) is 3.44. The highest BCUT2D eigenvalue weighted by Gasteiger charge is 2.25. The van der Waals surface area contributed by atoms with Crippen LogP contribution < -0.4 is 20.5 Å². The summed E-state index contributed by atoms with van der Waals surface area (Å²) in [6.07, 6.45) is 5.94. The van der Waals surface area contributed by atoms with Gasteiger partial charge in [-0.25, -0.2) is 4.39 Å². The van der Waals surface area contributed by atoms with E-state index in [0.717, 1.165) is 57.5 Å². The molecule has 1 aliphatic carbocycles. The fourth-order valence-electron chi connectivity index (χ4n) is 3.72. The number of halogens is 1. The molecular weight excluding hydrogens is 335 g/mol. The summed E-state index contributed by atoms with van der Waals surface area (Å²) in [4.78, 5) is 15.3. The molecule has 1 saturated carbocycles. The van der Waals surface area contributed by atoms with Crippen LogP contribution in [0.25, 0.3) is 5.69 Å². The second kappa shape index (κ2) is 7.45. The van der Waals surface area contributed by atoms with Crippen LogP contribution in [0.3, 0.4) is 0 Å². The van der Waals surface area contributed by atoms with Crippen molar-refractivity contribution in [3.8, 4) is 11.4 Å². The van der Waals surface area contributed by atoms with Crippen molar-refractivity contribution in [2.75, 3.05) is 31.1 Å². The van der Waals surface area contributed by atoms with E-state index in [9.17, 15) is 9.18 Å². The van der Waals surface area contributed by atoms with Crippen LogP contribution in [0.2, 0.25) is 0 Å². The number of aromatic nitrogens is 2. The number of anilines is 1. The summed E-state index contributed by atoms with van der Waals surface area (Å²) < 4.78 is 21.0. The molecule has 26 heavy (non-hydrogen) atoms. The van der Waals surface area contributed by atoms with E-state index in [1.165, 1.54) is 16.8 Å². The van der Waals surface area contributed by atoms with Crippen molar-refractivity contribution in [2.24, 2.45) is 0 Å². The van der Waals surface area contributed by atoms with E-state index in [-0.39, 0.29) is 11.7 Å². The summed E-state index contributed by atoms with van der Waals surface area (Å²) in [6.45, 7) is 3.67. The molecule has 0 bridgehead atoms. The Bertz CT molecular complexity index is 827. The van der Waals surface area contributed by atoms with Crippen molar-refractivity contribution in [1.29, 1.82) is 0 Å². The normalized spacial score (nSPS) is 18.3. The quantitative estimate of drug-likeness (QED) is 0.887. The van der Waals surface area contributed by atoms with Crippen molar-refractivity contribution >= 4 is 5.69 Å². The molecule has 4 rings (SSSR count). The summed E-state index contributed by atoms with van der Waals surface area (Å²) in [7, 11) is 0. The molecule has 6 nitrogen and oxygen atoms in total. The van der Waals surface area contributed by atoms with Crippen LogP contribution in [0.4, 0.5) is 10.1 Å². The fraction of sp³-hybridized carbons (Fsp3) is 0.474. The minimum absolute atomic E-state index is 0.0705. The van der Waals surface area contributed by atoms with Gasteiger partial charge in [0.25, 0.3) is 0 Å². The number of rotatable bonds is 4. The van der Waals surface area contributed by atoms with Crippen molar-refractivity contribution in [3.05, 3.63) is 46.6 Å². The van der Waals surface area contributed by atoms with Gasteiger partial charge in [0.05, 0.1) is 44.2 Å². The molecule has 7 heteroatoms. The number of hydrogen-bond donors (Lipinski definition) is 1. The number of nitrogens with two attached hydrogens (primary N) is 1. The number of nitrogens with zero attached hydrogens (tertiary/aromatic N) is 3. The Kier molecular flexibility index (Phi) is 4.88. The van der Waals surface area contributed by atoms with Crippen LogP contribution >= 0.6 is 0 Å². The maximum absolute atomic E-state index is 13.6. The molecule has 138 valence electrons. The molecule has 0 spiro atoms. The number of piperazine rings is 1. The lowest BCUT2D eigenvalue weighted by molar-refractivity contribution is -0.655. The van der Waals surface area contributed by atoms with Gasteiger partial charge in [0.15, 0.2) is 0 Å². The van der Waals surface area contributed by atoms with Gasteiger partial charge in [-0.3, -0.25) is 4.79 Å². The monoisotopic (exact) mass is 359 g/mol. The van der Waals surface area contributed by atoms with Gasteiger partial charge in [0.1, 0.15) is 11.5 Å². The van der Waals surface area contributed by atoms with E-state index in [1.807, 2.05) is 0 Å². The Balaban J connectivity index is 1.76. The first-order valence-corrected chi connectivity index (χ1v) is 9.34. The Morgan fingerprint density at radius 2 is 1.96 bits per heavy atom. The van der Waals surface area contributed by atoms with E-state index in [4.69, 9.17) is 4.74 Å². The molecule has 0 radical (unpaired) electrons. The first-order chi connectivity index (χ1) is 12.7. The van der Waals surface area contributed by atoms with E-state index >= 15 is 0 Å². The van der Waals surface area contributed by atoms with Crippen LogP contribution in [-0.4, -0.2) is 42.1 Å². The van der Waals surface area contributed by atoms with Crippen LogP contribution in [0.15, 0.2) is 35.3 Å². The van der Waals surface area contributed by atoms with Crippen molar-refractivity contribution in [2.45, 2.75) is 31.8 Å². The molecule has 1 aromatic heterocycles. The molecule has 0 unspecified atom stereocenters. The van der Waals surface area contributed by atoms with Gasteiger partial charge in [-0.05, 0) is 43.9 Å². The van der Waals surface area contributed by atoms with Crippen molar-refractivity contribution in [1.82, 2.24) is 9.78 Å². The molecule has 2 N–H and O–H groups in total. The van der Waals surface area contributed by atoms with Crippen LogP contribution in [0.5, 0.6) is 5.75 Å². The predicted octanol–water partition coefficient (Wildman–Crippen LogP) is 1.08. The number of benzene rings is 1. The molecule has 2 aliphatic rings. The topological polar surface area (TPSA) is 64.0 Å². The molecule has 2 fully saturated rings. The number of quaternary nitrogens is 1. The van der Waals surface area contributed by atoms with Crippen molar-refractivity contribution < 1.29 is 14.4 Å². The zero-order valence-electron chi connectivity index (χ0n) is 14.7. The van der Waals surface area contributed by atoms with Crippen molar-refractivity contribution in [3.63, 3.8) is 0 Å². The first kappa shape index (κ1) is 17.0. The summed E-state index contributed by atoms with van der Waals surface area (Å²) in [5.74, 6) is -0.0526. The van der Waals surface area contributed by atoms with E-state index in [1.54, 1.807) is 18.3 Å². The lowest BCUT2D eigenvalue weighted by Crippen LogP contribution is -2.89. The Morgan fingerprint density at radius 3 is 2.69 bits per heavy atom. The van der Waals surface area contributed by atoms with Gasteiger partial charge >= 0.3 is 5.56 Å². The molecule has 2 heterocycles. The highest BCUT2D eigenvalue weighted by molar-refractivity contribution is 5.57. The Morgan fingerprint density at radius 1 is 1.19 bits per heavy atom. The molecular formula is C19H24FN4O2+. The van der Waals surface area contributed by atoms with Crippen LogP contribution in [-0.2, 0) is 0 Å². The standard InChI is InChI=1S/C19H23FN4O2/c20-14-4-3-5-15(12-14)24-19(25)18(26-16-6-1-2-7-16)17(13-22-24)23-10-8-21-9-11-23/h3-5,12-13,16,21H,1-2,6-11H2/p+1. The smallest absolute Gasteiger partial charge is 0.316 e.